The van der Waals surface area contributed by atoms with Crippen LogP contribution in [0.2, 0.25) is 0 Å². The minimum absolute atomic E-state index is 0.166. The molecule has 1 aliphatic rings. The van der Waals surface area contributed by atoms with Crippen molar-refractivity contribution in [3.63, 3.8) is 0 Å². The summed E-state index contributed by atoms with van der Waals surface area (Å²) < 4.78 is 29.6. The van der Waals surface area contributed by atoms with E-state index in [0.717, 1.165) is 38.2 Å². The summed E-state index contributed by atoms with van der Waals surface area (Å²) in [5.41, 5.74) is 1.29. The van der Waals surface area contributed by atoms with Crippen LogP contribution in [0.5, 0.6) is 0 Å². The molecule has 2 heterocycles. The molecular weight excluding hydrogens is 298 g/mol. The van der Waals surface area contributed by atoms with E-state index in [9.17, 15) is 8.78 Å². The molecule has 1 aromatic heterocycles. The predicted octanol–water partition coefficient (Wildman–Crippen LogP) is 2.45. The van der Waals surface area contributed by atoms with Crippen molar-refractivity contribution < 1.29 is 8.78 Å². The van der Waals surface area contributed by atoms with Crippen molar-refractivity contribution in [2.24, 2.45) is 7.05 Å². The lowest BCUT2D eigenvalue weighted by Gasteiger charge is -2.33. The monoisotopic (exact) mass is 320 g/mol. The average Bonchev–Trinajstić information content (AvgIpc) is 2.95. The molecule has 1 N–H and O–H groups in total. The van der Waals surface area contributed by atoms with Crippen LogP contribution in [0.25, 0.3) is 0 Å². The Kier molecular flexibility index (Phi) is 5.03. The van der Waals surface area contributed by atoms with E-state index in [4.69, 9.17) is 0 Å². The maximum Gasteiger partial charge on any atom is 0.130 e. The third-order valence-electron chi connectivity index (χ3n) is 4.44. The molecule has 3 rings (SSSR count). The van der Waals surface area contributed by atoms with Gasteiger partial charge in [0, 0.05) is 44.5 Å². The molecule has 0 radical (unpaired) electrons. The van der Waals surface area contributed by atoms with Crippen molar-refractivity contribution in [3.8, 4) is 0 Å². The minimum Gasteiger partial charge on any atom is -0.337 e. The maximum atomic E-state index is 13.8. The van der Waals surface area contributed by atoms with E-state index in [1.54, 1.807) is 6.33 Å². The number of halogens is 2. The van der Waals surface area contributed by atoms with Crippen LogP contribution in [0.4, 0.5) is 8.78 Å². The van der Waals surface area contributed by atoms with Crippen LogP contribution in [0.1, 0.15) is 24.1 Å². The zero-order valence-electron chi connectivity index (χ0n) is 13.3. The van der Waals surface area contributed by atoms with Gasteiger partial charge in [0.05, 0.1) is 12.0 Å². The lowest BCUT2D eigenvalue weighted by molar-refractivity contribution is 0.178. The van der Waals surface area contributed by atoms with Crippen LogP contribution in [0.15, 0.2) is 30.7 Å². The van der Waals surface area contributed by atoms with Crippen LogP contribution in [0.3, 0.4) is 0 Å². The molecule has 1 aliphatic heterocycles. The van der Waals surface area contributed by atoms with E-state index in [0.29, 0.717) is 12.6 Å². The predicted molar refractivity (Wildman–Crippen MR) is 84.7 cm³/mol. The molecule has 2 aromatic rings. The first-order chi connectivity index (χ1) is 11.1. The summed E-state index contributed by atoms with van der Waals surface area (Å²) in [4.78, 5) is 6.22. The Morgan fingerprint density at radius 3 is 2.78 bits per heavy atom. The number of hydrogen-bond donors (Lipinski definition) is 1. The lowest BCUT2D eigenvalue weighted by atomic mass is 10.0. The summed E-state index contributed by atoms with van der Waals surface area (Å²) in [6, 6.07) is 4.37. The van der Waals surface area contributed by atoms with Crippen LogP contribution < -0.4 is 5.32 Å². The van der Waals surface area contributed by atoms with Gasteiger partial charge in [0.2, 0.25) is 0 Å². The van der Waals surface area contributed by atoms with Crippen molar-refractivity contribution in [1.82, 2.24) is 19.8 Å². The second kappa shape index (κ2) is 7.19. The van der Waals surface area contributed by atoms with Crippen molar-refractivity contribution in [1.29, 1.82) is 0 Å². The van der Waals surface area contributed by atoms with Gasteiger partial charge < -0.3 is 9.88 Å². The Morgan fingerprint density at radius 2 is 2.09 bits per heavy atom. The number of piperidine rings is 1. The second-order valence-electron chi connectivity index (χ2n) is 6.15. The molecule has 0 spiro atoms. The highest BCUT2D eigenvalue weighted by Gasteiger charge is 2.21. The number of likely N-dealkylation sites (tertiary alicyclic amines) is 1. The summed E-state index contributed by atoms with van der Waals surface area (Å²) in [6.45, 7) is 2.74. The van der Waals surface area contributed by atoms with Gasteiger partial charge in [0.1, 0.15) is 11.6 Å². The number of nitrogens with zero attached hydrogens (tertiary/aromatic N) is 3. The zero-order valence-corrected chi connectivity index (χ0v) is 13.3. The van der Waals surface area contributed by atoms with E-state index in [1.165, 1.54) is 18.2 Å². The molecule has 23 heavy (non-hydrogen) atoms. The largest absolute Gasteiger partial charge is 0.337 e. The lowest BCUT2D eigenvalue weighted by Crippen LogP contribution is -2.45. The Hall–Kier alpha value is -1.79. The fourth-order valence-electron chi connectivity index (χ4n) is 3.08. The number of hydrogen-bond acceptors (Lipinski definition) is 3. The highest BCUT2D eigenvalue weighted by Crippen LogP contribution is 2.18. The van der Waals surface area contributed by atoms with Gasteiger partial charge in [-0.15, -0.1) is 0 Å². The molecule has 0 saturated carbocycles. The Bertz CT molecular complexity index is 636. The topological polar surface area (TPSA) is 33.1 Å². The molecule has 1 unspecified atom stereocenters. The first kappa shape index (κ1) is 16.1. The van der Waals surface area contributed by atoms with E-state index < -0.39 is 11.6 Å². The number of benzene rings is 1. The van der Waals surface area contributed by atoms with Gasteiger partial charge in [-0.05, 0) is 31.5 Å². The van der Waals surface area contributed by atoms with Gasteiger partial charge in [-0.3, -0.25) is 4.90 Å². The fourth-order valence-corrected chi connectivity index (χ4v) is 3.08. The Morgan fingerprint density at radius 1 is 1.30 bits per heavy atom. The van der Waals surface area contributed by atoms with Crippen molar-refractivity contribution >= 4 is 0 Å². The maximum absolute atomic E-state index is 13.8. The van der Waals surface area contributed by atoms with Gasteiger partial charge in [-0.2, -0.15) is 0 Å². The van der Waals surface area contributed by atoms with Gasteiger partial charge in [0.25, 0.3) is 0 Å². The molecular formula is C17H22F2N4. The van der Waals surface area contributed by atoms with Crippen molar-refractivity contribution in [2.45, 2.75) is 32.0 Å². The average molecular weight is 320 g/mol. The summed E-state index contributed by atoms with van der Waals surface area (Å²) in [5.74, 6) is -0.926. The quantitative estimate of drug-likeness (QED) is 0.919. The standard InChI is InChI=1S/C17H22F2N4/c1-22-12-20-8-14(22)9-21-13-4-3-7-23(10-13)11-15-16(18)5-2-6-17(15)19/h2,5-6,8,12-13,21H,3-4,7,9-11H2,1H3. The Balaban J connectivity index is 1.57. The zero-order chi connectivity index (χ0) is 16.2. The third-order valence-corrected chi connectivity index (χ3v) is 4.44. The summed E-state index contributed by atoms with van der Waals surface area (Å²) in [5, 5.41) is 3.52. The number of nitrogens with one attached hydrogen (secondary N) is 1. The normalized spacial score (nSPS) is 19.2. The molecule has 1 saturated heterocycles. The van der Waals surface area contributed by atoms with Gasteiger partial charge in [-0.25, -0.2) is 13.8 Å². The molecule has 4 nitrogen and oxygen atoms in total. The SMILES string of the molecule is Cn1cncc1CNC1CCCN(Cc2c(F)cccc2F)C1. The molecule has 1 aromatic carbocycles. The molecule has 124 valence electrons. The third kappa shape index (κ3) is 3.95. The highest BCUT2D eigenvalue weighted by molar-refractivity contribution is 5.19. The molecule has 6 heteroatoms. The van der Waals surface area contributed by atoms with E-state index in [1.807, 2.05) is 17.8 Å². The minimum atomic E-state index is -0.463. The van der Waals surface area contributed by atoms with Gasteiger partial charge in [0.15, 0.2) is 0 Å². The van der Waals surface area contributed by atoms with Crippen molar-refractivity contribution in [2.75, 3.05) is 13.1 Å². The Labute approximate surface area is 135 Å². The molecule has 1 atom stereocenters. The van der Waals surface area contributed by atoms with Crippen LogP contribution in [-0.4, -0.2) is 33.6 Å². The molecule has 0 aliphatic carbocycles. The first-order valence-corrected chi connectivity index (χ1v) is 7.97. The highest BCUT2D eigenvalue weighted by atomic mass is 19.1. The smallest absolute Gasteiger partial charge is 0.130 e. The van der Waals surface area contributed by atoms with E-state index in [2.05, 4.69) is 15.2 Å². The van der Waals surface area contributed by atoms with Crippen LogP contribution in [-0.2, 0) is 20.1 Å². The number of aromatic nitrogens is 2. The van der Waals surface area contributed by atoms with Crippen LogP contribution >= 0.6 is 0 Å². The molecule has 1 fully saturated rings. The summed E-state index contributed by atoms with van der Waals surface area (Å²) in [7, 11) is 1.97. The first-order valence-electron chi connectivity index (χ1n) is 7.97. The van der Waals surface area contributed by atoms with Crippen molar-refractivity contribution in [3.05, 3.63) is 53.6 Å². The number of rotatable bonds is 5. The summed E-state index contributed by atoms with van der Waals surface area (Å²) >= 11 is 0. The molecule has 0 amide bonds. The van der Waals surface area contributed by atoms with E-state index >= 15 is 0 Å². The van der Waals surface area contributed by atoms with Crippen LogP contribution in [0, 0.1) is 11.6 Å². The van der Waals surface area contributed by atoms with E-state index in [-0.39, 0.29) is 5.56 Å². The fraction of sp³-hybridized carbons (Fsp3) is 0.471. The second-order valence-corrected chi connectivity index (χ2v) is 6.15. The summed E-state index contributed by atoms with van der Waals surface area (Å²) in [6.07, 6.45) is 5.74. The van der Waals surface area contributed by atoms with Gasteiger partial charge in [-0.1, -0.05) is 6.07 Å². The van der Waals surface area contributed by atoms with Gasteiger partial charge >= 0.3 is 0 Å². The number of aryl methyl sites for hydroxylation is 1. The number of imidazole rings is 1. The molecule has 0 bridgehead atoms.